The molecule has 0 radical (unpaired) electrons. The third-order valence-electron chi connectivity index (χ3n) is 11.1. The van der Waals surface area contributed by atoms with E-state index in [0.29, 0.717) is 6.54 Å². The largest absolute Gasteiger partial charge is 0.392 e. The molecule has 7 heteroatoms. The first-order valence-corrected chi connectivity index (χ1v) is 18.9. The Balaban J connectivity index is 0.951. The highest BCUT2D eigenvalue weighted by Gasteiger charge is 2.51. The van der Waals surface area contributed by atoms with Crippen LogP contribution in [0.1, 0.15) is 79.6 Å². The topological polar surface area (TPSA) is 79.8 Å². The molecule has 5 aliphatic rings. The van der Waals surface area contributed by atoms with Gasteiger partial charge < -0.3 is 25.2 Å². The molecule has 0 aromatic heterocycles. The lowest BCUT2D eigenvalue weighted by Gasteiger charge is -2.56. The van der Waals surface area contributed by atoms with Crippen LogP contribution in [0.3, 0.4) is 0 Å². The van der Waals surface area contributed by atoms with E-state index in [2.05, 4.69) is 95.6 Å². The molecule has 6 nitrogen and oxygen atoms in total. The number of amides is 2. The fourth-order valence-corrected chi connectivity index (χ4v) is 10.1. The number of aliphatic hydroxyl groups is 1. The number of urea groups is 1. The lowest BCUT2D eigenvalue weighted by molar-refractivity contribution is -0.245. The van der Waals surface area contributed by atoms with Gasteiger partial charge in [0.1, 0.15) is 0 Å². The van der Waals surface area contributed by atoms with Crippen molar-refractivity contribution in [2.75, 3.05) is 5.75 Å². The molecule has 4 aromatic rings. The van der Waals surface area contributed by atoms with Gasteiger partial charge in [0.05, 0.1) is 18.8 Å². The molecular weight excluding hydrogens is 629 g/mol. The first-order valence-electron chi connectivity index (χ1n) is 17.9. The summed E-state index contributed by atoms with van der Waals surface area (Å²) in [6.45, 7) is 0.505. The number of carbonyl (C=O) groups excluding carboxylic acids is 1. The van der Waals surface area contributed by atoms with Crippen LogP contribution >= 0.6 is 11.8 Å². The fourth-order valence-electron chi connectivity index (χ4n) is 9.19. The molecule has 3 N–H and O–H groups in total. The van der Waals surface area contributed by atoms with E-state index in [1.807, 2.05) is 18.2 Å². The van der Waals surface area contributed by atoms with Gasteiger partial charge in [0.25, 0.3) is 0 Å². The smallest absolute Gasteiger partial charge is 0.315 e. The van der Waals surface area contributed by atoms with Crippen molar-refractivity contribution in [1.82, 2.24) is 10.6 Å². The van der Waals surface area contributed by atoms with Crippen LogP contribution < -0.4 is 10.6 Å². The predicted octanol–water partition coefficient (Wildman–Crippen LogP) is 8.95. The van der Waals surface area contributed by atoms with Gasteiger partial charge in [-0.25, -0.2) is 4.79 Å². The number of hydrogen-bond acceptors (Lipinski definition) is 5. The van der Waals surface area contributed by atoms with E-state index >= 15 is 0 Å². The minimum Gasteiger partial charge on any atom is -0.392 e. The Morgan fingerprint density at radius 3 is 2.14 bits per heavy atom. The van der Waals surface area contributed by atoms with Gasteiger partial charge in [-0.2, -0.15) is 0 Å². The fraction of sp³-hybridized carbons (Fsp3) is 0.405. The summed E-state index contributed by atoms with van der Waals surface area (Å²) < 4.78 is 13.3. The van der Waals surface area contributed by atoms with E-state index in [1.54, 1.807) is 11.8 Å². The zero-order chi connectivity index (χ0) is 33.2. The number of carbonyl (C=O) groups is 1. The highest BCUT2D eigenvalue weighted by Crippen LogP contribution is 2.55. The van der Waals surface area contributed by atoms with Gasteiger partial charge in [0.15, 0.2) is 6.29 Å². The van der Waals surface area contributed by atoms with Crippen molar-refractivity contribution in [3.63, 3.8) is 0 Å². The summed E-state index contributed by atoms with van der Waals surface area (Å²) in [5.41, 5.74) is 6.19. The molecule has 254 valence electrons. The van der Waals surface area contributed by atoms with E-state index in [4.69, 9.17) is 9.47 Å². The van der Waals surface area contributed by atoms with Gasteiger partial charge >= 0.3 is 6.03 Å². The number of benzene rings is 4. The third-order valence-corrected chi connectivity index (χ3v) is 12.2. The lowest BCUT2D eigenvalue weighted by atomic mass is 9.53. The summed E-state index contributed by atoms with van der Waals surface area (Å²) in [7, 11) is 0. The maximum Gasteiger partial charge on any atom is 0.315 e. The zero-order valence-corrected chi connectivity index (χ0v) is 28.7. The van der Waals surface area contributed by atoms with Gasteiger partial charge in [-0.15, -0.1) is 11.8 Å². The summed E-state index contributed by atoms with van der Waals surface area (Å²) in [6, 6.07) is 35.3. The van der Waals surface area contributed by atoms with Crippen molar-refractivity contribution in [2.24, 2.45) is 17.8 Å². The Morgan fingerprint density at radius 2 is 1.43 bits per heavy atom. The zero-order valence-electron chi connectivity index (χ0n) is 27.9. The quantitative estimate of drug-likeness (QED) is 0.146. The molecule has 4 aromatic carbocycles. The van der Waals surface area contributed by atoms with Gasteiger partial charge in [-0.3, -0.25) is 0 Å². The predicted molar refractivity (Wildman–Crippen MR) is 194 cm³/mol. The van der Waals surface area contributed by atoms with Crippen LogP contribution in [0.5, 0.6) is 0 Å². The van der Waals surface area contributed by atoms with Crippen LogP contribution in [-0.4, -0.2) is 28.5 Å². The van der Waals surface area contributed by atoms with Crippen LogP contribution in [0.25, 0.3) is 11.1 Å². The van der Waals surface area contributed by atoms with Gasteiger partial charge in [0, 0.05) is 34.7 Å². The van der Waals surface area contributed by atoms with Crippen molar-refractivity contribution in [3.05, 3.63) is 125 Å². The Hall–Kier alpha value is -3.62. The maximum absolute atomic E-state index is 13.1. The minimum atomic E-state index is -0.518. The molecule has 3 atom stereocenters. The van der Waals surface area contributed by atoms with Crippen LogP contribution in [0.15, 0.2) is 108 Å². The monoisotopic (exact) mass is 674 g/mol. The molecule has 49 heavy (non-hydrogen) atoms. The molecule has 1 aliphatic heterocycles. The van der Waals surface area contributed by atoms with Crippen LogP contribution in [0.2, 0.25) is 0 Å². The Labute approximate surface area is 294 Å². The number of hydrogen-bond donors (Lipinski definition) is 3. The molecule has 4 saturated carbocycles. The average Bonchev–Trinajstić information content (AvgIpc) is 3.13. The molecular formula is C42H46N2O4S. The summed E-state index contributed by atoms with van der Waals surface area (Å²) >= 11 is 1.80. The Kier molecular flexibility index (Phi) is 9.52. The highest BCUT2D eigenvalue weighted by molar-refractivity contribution is 7.99. The van der Waals surface area contributed by atoms with Crippen molar-refractivity contribution in [1.29, 1.82) is 0 Å². The molecule has 4 bridgehead atoms. The Morgan fingerprint density at radius 1 is 0.735 bits per heavy atom. The molecule has 9 rings (SSSR count). The first kappa shape index (κ1) is 32.6. The number of ether oxygens (including phenoxy) is 2. The second-order valence-electron chi connectivity index (χ2n) is 14.8. The number of aliphatic hydroxyl groups excluding tert-OH is 1. The van der Waals surface area contributed by atoms with Crippen LogP contribution in [-0.2, 0) is 22.6 Å². The minimum absolute atomic E-state index is 0.00545. The SMILES string of the molecule is O=C(NCc1cccc(-c2cccc([C@H]3O[C@@H](CSc4ccccc4)C[C@@H](c4ccc(CO)cc4)O3)c2)c1)NC12CC3CC(CC(C3)C1)C2. The highest BCUT2D eigenvalue weighted by atomic mass is 32.2. The standard InChI is InChI=1S/C42H46N2O4S/c45-26-28-12-14-33(15-13-28)39-21-37(27-49-38-10-2-1-3-11-38)47-40(48-39)36-9-5-8-35(20-36)34-7-4-6-29(19-34)25-43-41(46)44-42-22-30-16-31(23-42)18-32(17-30)24-42/h1-15,19-20,30-32,37,39-40,45H,16-18,21-27H2,(H2,43,44,46)/t30?,31?,32?,37-,39+,40+,42?/m1/s1. The van der Waals surface area contributed by atoms with Crippen molar-refractivity contribution in [2.45, 2.75) is 87.0 Å². The second kappa shape index (κ2) is 14.3. The molecule has 0 unspecified atom stereocenters. The van der Waals surface area contributed by atoms with E-state index < -0.39 is 6.29 Å². The number of thioether (sulfide) groups is 1. The molecule has 5 fully saturated rings. The average molecular weight is 675 g/mol. The molecule has 2 amide bonds. The van der Waals surface area contributed by atoms with Crippen LogP contribution in [0, 0.1) is 17.8 Å². The molecule has 0 spiro atoms. The van der Waals surface area contributed by atoms with E-state index in [-0.39, 0.29) is 30.4 Å². The molecule has 1 heterocycles. The van der Waals surface area contributed by atoms with Gasteiger partial charge in [-0.05, 0) is 108 Å². The first-order chi connectivity index (χ1) is 24.0. The van der Waals surface area contributed by atoms with Crippen LogP contribution in [0.4, 0.5) is 4.79 Å². The maximum atomic E-state index is 13.1. The van der Waals surface area contributed by atoms with Crippen molar-refractivity contribution in [3.8, 4) is 11.1 Å². The van der Waals surface area contributed by atoms with E-state index in [1.165, 1.54) is 24.2 Å². The number of nitrogens with one attached hydrogen (secondary N) is 2. The van der Waals surface area contributed by atoms with Crippen molar-refractivity contribution < 1.29 is 19.4 Å². The van der Waals surface area contributed by atoms with E-state index in [9.17, 15) is 9.90 Å². The third kappa shape index (κ3) is 7.60. The molecule has 4 aliphatic carbocycles. The summed E-state index contributed by atoms with van der Waals surface area (Å²) in [5.74, 6) is 3.21. The van der Waals surface area contributed by atoms with Gasteiger partial charge in [-0.1, -0.05) is 78.9 Å². The Bertz CT molecular complexity index is 1710. The molecule has 1 saturated heterocycles. The van der Waals surface area contributed by atoms with Crippen molar-refractivity contribution >= 4 is 17.8 Å². The normalized spacial score (nSPS) is 28.7. The summed E-state index contributed by atoms with van der Waals surface area (Å²) in [5, 5.41) is 16.2. The lowest BCUT2D eigenvalue weighted by Crippen LogP contribution is -2.61. The van der Waals surface area contributed by atoms with Gasteiger partial charge in [0.2, 0.25) is 0 Å². The van der Waals surface area contributed by atoms with E-state index in [0.717, 1.165) is 82.6 Å². The summed E-state index contributed by atoms with van der Waals surface area (Å²) in [4.78, 5) is 14.3. The summed E-state index contributed by atoms with van der Waals surface area (Å²) in [6.07, 6.45) is 7.64. The second-order valence-corrected chi connectivity index (χ2v) is 15.9. The number of rotatable bonds is 10.